The van der Waals surface area contributed by atoms with Crippen LogP contribution < -0.4 is 4.72 Å². The highest BCUT2D eigenvalue weighted by Crippen LogP contribution is 2.60. The van der Waals surface area contributed by atoms with Crippen LogP contribution in [0.15, 0.2) is 21.5 Å². The minimum atomic E-state index is -4.45. The minimum absolute atomic E-state index is 0.0878. The second kappa shape index (κ2) is 8.19. The van der Waals surface area contributed by atoms with Gasteiger partial charge in [-0.05, 0) is 85.2 Å². The Balaban J connectivity index is 1.37. The van der Waals surface area contributed by atoms with E-state index in [1.807, 2.05) is 4.72 Å². The molecule has 10 heteroatoms. The molecule has 4 saturated carbocycles. The first-order valence-corrected chi connectivity index (χ1v) is 12.6. The Bertz CT molecular complexity index is 970. The van der Waals surface area contributed by atoms with E-state index in [4.69, 9.17) is 4.74 Å². The van der Waals surface area contributed by atoms with E-state index in [1.165, 1.54) is 26.2 Å². The van der Waals surface area contributed by atoms with Crippen molar-refractivity contribution in [3.8, 4) is 0 Å². The third-order valence-corrected chi connectivity index (χ3v) is 9.24. The zero-order valence-corrected chi connectivity index (χ0v) is 19.4. The summed E-state index contributed by atoms with van der Waals surface area (Å²) in [7, 11) is -4.45. The summed E-state index contributed by atoms with van der Waals surface area (Å²) in [4.78, 5) is 24.6. The maximum atomic E-state index is 14.0. The van der Waals surface area contributed by atoms with E-state index in [-0.39, 0.29) is 10.3 Å². The summed E-state index contributed by atoms with van der Waals surface area (Å²) < 4.78 is 58.8. The van der Waals surface area contributed by atoms with Crippen LogP contribution in [0.2, 0.25) is 0 Å². The number of carbonyl (C=O) groups is 2. The Morgan fingerprint density at radius 1 is 1.16 bits per heavy atom. The fraction of sp³-hybridized carbons (Fsp3) is 0.619. The second-order valence-corrected chi connectivity index (χ2v) is 11.8. The van der Waals surface area contributed by atoms with Gasteiger partial charge in [-0.15, -0.1) is 0 Å². The lowest BCUT2D eigenvalue weighted by Gasteiger charge is -2.56. The van der Waals surface area contributed by atoms with Gasteiger partial charge in [0.25, 0.3) is 0 Å². The highest BCUT2D eigenvalue weighted by atomic mass is 79.9. The molecule has 6 nitrogen and oxygen atoms in total. The van der Waals surface area contributed by atoms with Crippen molar-refractivity contribution < 1.29 is 31.5 Å². The van der Waals surface area contributed by atoms with Gasteiger partial charge in [-0.3, -0.25) is 9.59 Å². The van der Waals surface area contributed by atoms with Crippen LogP contribution in [-0.2, 0) is 24.3 Å². The van der Waals surface area contributed by atoms with Crippen molar-refractivity contribution in [3.05, 3.63) is 28.2 Å². The van der Waals surface area contributed by atoms with Gasteiger partial charge in [-0.2, -0.15) is 4.72 Å². The molecule has 31 heavy (non-hydrogen) atoms. The van der Waals surface area contributed by atoms with Crippen LogP contribution in [0.5, 0.6) is 0 Å². The molecule has 4 aliphatic rings. The van der Waals surface area contributed by atoms with Crippen molar-refractivity contribution in [3.63, 3.8) is 0 Å². The van der Waals surface area contributed by atoms with Crippen LogP contribution in [0.25, 0.3) is 0 Å². The number of benzene rings is 1. The van der Waals surface area contributed by atoms with Gasteiger partial charge in [-0.1, -0.05) is 0 Å². The molecule has 4 fully saturated rings. The van der Waals surface area contributed by atoms with Gasteiger partial charge in [0.2, 0.25) is 10.0 Å². The van der Waals surface area contributed by atoms with E-state index in [9.17, 15) is 26.8 Å². The molecule has 1 atom stereocenters. The molecule has 1 aromatic rings. The van der Waals surface area contributed by atoms with Crippen molar-refractivity contribution in [1.29, 1.82) is 0 Å². The minimum Gasteiger partial charge on any atom is -0.454 e. The van der Waals surface area contributed by atoms with Crippen molar-refractivity contribution in [2.75, 3.05) is 6.54 Å². The quantitative estimate of drug-likeness (QED) is 0.554. The normalized spacial score (nSPS) is 30.3. The largest absolute Gasteiger partial charge is 0.454 e. The highest BCUT2D eigenvalue weighted by molar-refractivity contribution is 9.10. The zero-order chi connectivity index (χ0) is 22.6. The monoisotopic (exact) mass is 519 g/mol. The maximum Gasteiger partial charge on any atom is 0.321 e. The van der Waals surface area contributed by atoms with Gasteiger partial charge in [-0.25, -0.2) is 17.2 Å². The van der Waals surface area contributed by atoms with Crippen LogP contribution in [-0.4, -0.2) is 32.8 Å². The second-order valence-electron chi connectivity index (χ2n) is 9.22. The molecular weight excluding hydrogens is 496 g/mol. The van der Waals surface area contributed by atoms with Gasteiger partial charge >= 0.3 is 5.97 Å². The molecule has 170 valence electrons. The molecule has 0 unspecified atom stereocenters. The van der Waals surface area contributed by atoms with Crippen molar-refractivity contribution in [2.24, 2.45) is 23.2 Å². The number of nitrogens with one attached hydrogen (secondary N) is 1. The number of halogens is 3. The first-order chi connectivity index (χ1) is 14.5. The lowest BCUT2D eigenvalue weighted by molar-refractivity contribution is -0.164. The molecule has 0 radical (unpaired) electrons. The summed E-state index contributed by atoms with van der Waals surface area (Å²) in [6.45, 7) is 0.744. The maximum absolute atomic E-state index is 14.0. The van der Waals surface area contributed by atoms with Gasteiger partial charge in [0.15, 0.2) is 11.9 Å². The first-order valence-electron chi connectivity index (χ1n) is 10.4. The Kier molecular flexibility index (Phi) is 6.02. The number of Topliss-reactive ketones (excluding diaryl/α,β-unsaturated/α-hetero) is 1. The highest BCUT2D eigenvalue weighted by Gasteiger charge is 2.55. The molecule has 0 spiro atoms. The molecular formula is C21H24BrF2NO5S. The van der Waals surface area contributed by atoms with E-state index >= 15 is 0 Å². The molecule has 0 heterocycles. The Morgan fingerprint density at radius 2 is 1.71 bits per heavy atom. The molecule has 5 rings (SSSR count). The summed E-state index contributed by atoms with van der Waals surface area (Å²) in [5, 5.41) is 0. The Hall–Kier alpha value is -1.39. The summed E-state index contributed by atoms with van der Waals surface area (Å²) in [6.07, 6.45) is 5.06. The van der Waals surface area contributed by atoms with Gasteiger partial charge in [0.05, 0.1) is 0 Å². The fourth-order valence-electron chi connectivity index (χ4n) is 6.15. The molecule has 4 bridgehead atoms. The number of ketones is 1. The SMILES string of the molecule is C[C@@H](OC(=O)CNS(=O)(=O)c1c(F)cc(F)cc1Br)C(=O)C12CC3CC(CC(C3)C1)C2. The number of hydrogen-bond donors (Lipinski definition) is 1. The number of ether oxygens (including phenoxy) is 1. The third-order valence-electron chi connectivity index (χ3n) is 6.88. The summed E-state index contributed by atoms with van der Waals surface area (Å²) in [6, 6.07) is 1.24. The molecule has 0 saturated heterocycles. The van der Waals surface area contributed by atoms with Crippen molar-refractivity contribution in [2.45, 2.75) is 56.4 Å². The van der Waals surface area contributed by atoms with Crippen LogP contribution in [0, 0.1) is 34.8 Å². The Labute approximate surface area is 188 Å². The summed E-state index contributed by atoms with van der Waals surface area (Å²) in [5.41, 5.74) is -0.434. The van der Waals surface area contributed by atoms with Gasteiger partial charge < -0.3 is 4.74 Å². The lowest BCUT2D eigenvalue weighted by Crippen LogP contribution is -2.53. The predicted molar refractivity (Wildman–Crippen MR) is 110 cm³/mol. The molecule has 1 N–H and O–H groups in total. The van der Waals surface area contributed by atoms with Crippen LogP contribution in [0.4, 0.5) is 8.78 Å². The molecule has 1 aromatic carbocycles. The zero-order valence-electron chi connectivity index (χ0n) is 17.0. The standard InChI is InChI=1S/C21H24BrF2NO5S/c1-11(20(27)21-7-12-2-13(8-21)4-14(3-12)9-21)30-18(26)10-25-31(28,29)19-16(22)5-15(23)6-17(19)24/h5-6,11-14,25H,2-4,7-10H2,1H3/t11-,12?,13?,14?,21?/m1/s1. The molecule has 4 aliphatic carbocycles. The average Bonchev–Trinajstić information content (AvgIpc) is 2.63. The Morgan fingerprint density at radius 3 is 2.23 bits per heavy atom. The number of esters is 1. The predicted octanol–water partition coefficient (Wildman–Crippen LogP) is 3.72. The number of rotatable bonds is 7. The molecule has 0 amide bonds. The number of sulfonamides is 1. The van der Waals surface area contributed by atoms with E-state index in [0.29, 0.717) is 23.8 Å². The number of carbonyl (C=O) groups excluding carboxylic acids is 2. The summed E-state index contributed by atoms with van der Waals surface area (Å²) >= 11 is 2.82. The molecule has 0 aromatic heterocycles. The topological polar surface area (TPSA) is 89.5 Å². The number of hydrogen-bond acceptors (Lipinski definition) is 5. The fourth-order valence-corrected chi connectivity index (χ4v) is 8.28. The molecule has 0 aliphatic heterocycles. The van der Waals surface area contributed by atoms with Crippen LogP contribution in [0.1, 0.15) is 45.4 Å². The lowest BCUT2D eigenvalue weighted by atomic mass is 9.48. The van der Waals surface area contributed by atoms with E-state index in [0.717, 1.165) is 25.3 Å². The van der Waals surface area contributed by atoms with Crippen molar-refractivity contribution in [1.82, 2.24) is 4.72 Å². The van der Waals surface area contributed by atoms with Crippen LogP contribution in [0.3, 0.4) is 0 Å². The first kappa shape index (κ1) is 22.8. The average molecular weight is 520 g/mol. The van der Waals surface area contributed by atoms with Crippen molar-refractivity contribution >= 4 is 37.7 Å². The van der Waals surface area contributed by atoms with E-state index < -0.39 is 50.6 Å². The van der Waals surface area contributed by atoms with Gasteiger partial charge in [0.1, 0.15) is 23.1 Å². The smallest absolute Gasteiger partial charge is 0.321 e. The van der Waals surface area contributed by atoms with Crippen LogP contribution >= 0.6 is 15.9 Å². The third kappa shape index (κ3) is 4.43. The van der Waals surface area contributed by atoms with Gasteiger partial charge in [0, 0.05) is 16.0 Å². The summed E-state index contributed by atoms with van der Waals surface area (Å²) in [5.74, 6) is -1.57. The van der Waals surface area contributed by atoms with E-state index in [1.54, 1.807) is 0 Å². The van der Waals surface area contributed by atoms with E-state index in [2.05, 4.69) is 15.9 Å².